The number of hydrogen-bond acceptors (Lipinski definition) is 2. The minimum Gasteiger partial charge on any atom is -0.478 e. The van der Waals surface area contributed by atoms with Gasteiger partial charge in [-0.05, 0) is 35.9 Å². The van der Waals surface area contributed by atoms with Gasteiger partial charge in [0.25, 0.3) is 0 Å². The van der Waals surface area contributed by atoms with Crippen LogP contribution in [0.2, 0.25) is 0 Å². The quantitative estimate of drug-likeness (QED) is 0.863. The van der Waals surface area contributed by atoms with Gasteiger partial charge in [-0.3, -0.25) is 0 Å². The predicted octanol–water partition coefficient (Wildman–Crippen LogP) is 3.85. The van der Waals surface area contributed by atoms with E-state index in [2.05, 4.69) is 0 Å². The van der Waals surface area contributed by atoms with Crippen LogP contribution in [-0.2, 0) is 4.79 Å². The lowest BCUT2D eigenvalue weighted by atomic mass is 10.2. The summed E-state index contributed by atoms with van der Waals surface area (Å²) in [5, 5.41) is 8.54. The van der Waals surface area contributed by atoms with Crippen LogP contribution in [0.5, 0.6) is 11.5 Å². The molecule has 0 aliphatic rings. The Hall–Kier alpha value is -2.69. The van der Waals surface area contributed by atoms with Crippen LogP contribution in [0.15, 0.2) is 48.5 Å². The van der Waals surface area contributed by atoms with E-state index in [1.807, 2.05) is 0 Å². The molecule has 0 aliphatic carbocycles. The van der Waals surface area contributed by atoms with E-state index in [1.165, 1.54) is 24.3 Å². The lowest BCUT2D eigenvalue weighted by Crippen LogP contribution is -1.91. The topological polar surface area (TPSA) is 46.5 Å². The maximum atomic E-state index is 13.5. The van der Waals surface area contributed by atoms with Crippen molar-refractivity contribution in [3.63, 3.8) is 0 Å². The van der Waals surface area contributed by atoms with Crippen molar-refractivity contribution in [1.29, 1.82) is 0 Å². The lowest BCUT2D eigenvalue weighted by Gasteiger charge is -2.07. The van der Waals surface area contributed by atoms with E-state index in [1.54, 1.807) is 18.2 Å². The number of ether oxygens (including phenoxy) is 1. The van der Waals surface area contributed by atoms with E-state index in [0.29, 0.717) is 5.56 Å². The Morgan fingerprint density at radius 3 is 2.65 bits per heavy atom. The number of hydrogen-bond donors (Lipinski definition) is 1. The maximum absolute atomic E-state index is 13.5. The van der Waals surface area contributed by atoms with E-state index in [-0.39, 0.29) is 11.5 Å². The second-order valence-electron chi connectivity index (χ2n) is 3.90. The molecule has 2 aromatic carbocycles. The van der Waals surface area contributed by atoms with Gasteiger partial charge in [-0.15, -0.1) is 0 Å². The third-order valence-corrected chi connectivity index (χ3v) is 2.42. The first-order valence-electron chi connectivity index (χ1n) is 5.69. The molecule has 0 spiro atoms. The summed E-state index contributed by atoms with van der Waals surface area (Å²) in [4.78, 5) is 10.4. The first kappa shape index (κ1) is 13.7. The molecule has 102 valence electrons. The monoisotopic (exact) mass is 276 g/mol. The minimum atomic E-state index is -1.08. The van der Waals surface area contributed by atoms with Gasteiger partial charge in [0.2, 0.25) is 5.82 Å². The van der Waals surface area contributed by atoms with Crippen LogP contribution in [0.4, 0.5) is 8.78 Å². The molecule has 0 amide bonds. The summed E-state index contributed by atoms with van der Waals surface area (Å²) in [5.74, 6) is -3.10. The van der Waals surface area contributed by atoms with E-state index in [4.69, 9.17) is 9.84 Å². The molecule has 2 rings (SSSR count). The van der Waals surface area contributed by atoms with Gasteiger partial charge < -0.3 is 9.84 Å². The second-order valence-corrected chi connectivity index (χ2v) is 3.90. The Morgan fingerprint density at radius 2 is 1.90 bits per heavy atom. The lowest BCUT2D eigenvalue weighted by molar-refractivity contribution is -0.131. The smallest absolute Gasteiger partial charge is 0.328 e. The van der Waals surface area contributed by atoms with E-state index >= 15 is 0 Å². The summed E-state index contributed by atoms with van der Waals surface area (Å²) >= 11 is 0. The average Bonchev–Trinajstić information content (AvgIpc) is 2.42. The molecule has 0 atom stereocenters. The van der Waals surface area contributed by atoms with E-state index in [9.17, 15) is 13.6 Å². The average molecular weight is 276 g/mol. The first-order valence-corrected chi connectivity index (χ1v) is 5.69. The number of benzene rings is 2. The molecule has 0 radical (unpaired) electrons. The zero-order valence-corrected chi connectivity index (χ0v) is 10.2. The number of carbonyl (C=O) groups is 1. The molecule has 0 heterocycles. The maximum Gasteiger partial charge on any atom is 0.328 e. The zero-order chi connectivity index (χ0) is 14.5. The molecule has 1 N–H and O–H groups in total. The standard InChI is InChI=1S/C15H10F2O3/c16-12-5-2-6-13(15(12)17)20-11-4-1-3-10(9-11)7-8-14(18)19/h1-9H,(H,18,19). The van der Waals surface area contributed by atoms with Gasteiger partial charge in [-0.25, -0.2) is 9.18 Å². The van der Waals surface area contributed by atoms with Crippen LogP contribution in [0.3, 0.4) is 0 Å². The summed E-state index contributed by atoms with van der Waals surface area (Å²) in [7, 11) is 0. The summed E-state index contributed by atoms with van der Waals surface area (Å²) in [6, 6.07) is 9.99. The molecule has 2 aromatic rings. The van der Waals surface area contributed by atoms with Crippen molar-refractivity contribution in [1.82, 2.24) is 0 Å². The van der Waals surface area contributed by atoms with E-state index < -0.39 is 17.6 Å². The highest BCUT2D eigenvalue weighted by Crippen LogP contribution is 2.26. The van der Waals surface area contributed by atoms with Gasteiger partial charge in [-0.1, -0.05) is 18.2 Å². The van der Waals surface area contributed by atoms with Crippen molar-refractivity contribution < 1.29 is 23.4 Å². The number of rotatable bonds is 4. The van der Waals surface area contributed by atoms with Crippen LogP contribution in [0.25, 0.3) is 6.08 Å². The Kier molecular flexibility index (Phi) is 4.10. The number of halogens is 2. The number of carboxylic acid groups (broad SMARTS) is 1. The van der Waals surface area contributed by atoms with Crippen molar-refractivity contribution >= 4 is 12.0 Å². The summed E-state index contributed by atoms with van der Waals surface area (Å²) in [5.41, 5.74) is 0.571. The van der Waals surface area contributed by atoms with Crippen LogP contribution >= 0.6 is 0 Å². The van der Waals surface area contributed by atoms with Crippen molar-refractivity contribution in [2.24, 2.45) is 0 Å². The van der Waals surface area contributed by atoms with Crippen LogP contribution in [0, 0.1) is 11.6 Å². The molecule has 0 bridgehead atoms. The fourth-order valence-electron chi connectivity index (χ4n) is 1.54. The molecule has 0 aromatic heterocycles. The summed E-state index contributed by atoms with van der Waals surface area (Å²) < 4.78 is 31.7. The van der Waals surface area contributed by atoms with Crippen LogP contribution in [-0.4, -0.2) is 11.1 Å². The third kappa shape index (κ3) is 3.41. The Balaban J connectivity index is 2.24. The van der Waals surface area contributed by atoms with Crippen molar-refractivity contribution in [3.05, 3.63) is 65.7 Å². The Morgan fingerprint density at radius 1 is 1.15 bits per heavy atom. The van der Waals surface area contributed by atoms with Gasteiger partial charge in [0, 0.05) is 6.08 Å². The summed E-state index contributed by atoms with van der Waals surface area (Å²) in [6.45, 7) is 0. The molecule has 0 saturated carbocycles. The third-order valence-electron chi connectivity index (χ3n) is 2.42. The number of aliphatic carboxylic acids is 1. The number of carboxylic acids is 1. The van der Waals surface area contributed by atoms with Crippen LogP contribution < -0.4 is 4.74 Å². The molecule has 5 heteroatoms. The molecule has 0 fully saturated rings. The van der Waals surface area contributed by atoms with E-state index in [0.717, 1.165) is 12.1 Å². The van der Waals surface area contributed by atoms with Gasteiger partial charge in [0.15, 0.2) is 11.6 Å². The molecule has 0 unspecified atom stereocenters. The van der Waals surface area contributed by atoms with Gasteiger partial charge in [0.05, 0.1) is 0 Å². The second kappa shape index (κ2) is 5.97. The minimum absolute atomic E-state index is 0.232. The summed E-state index contributed by atoms with van der Waals surface area (Å²) in [6.07, 6.45) is 2.35. The highest BCUT2D eigenvalue weighted by molar-refractivity contribution is 5.85. The van der Waals surface area contributed by atoms with Crippen molar-refractivity contribution in [2.45, 2.75) is 0 Å². The Labute approximate surface area is 113 Å². The van der Waals surface area contributed by atoms with Crippen molar-refractivity contribution in [3.8, 4) is 11.5 Å². The molecule has 0 saturated heterocycles. The largest absolute Gasteiger partial charge is 0.478 e. The van der Waals surface area contributed by atoms with Gasteiger partial charge in [0.1, 0.15) is 5.75 Å². The van der Waals surface area contributed by atoms with Crippen molar-refractivity contribution in [2.75, 3.05) is 0 Å². The molecular formula is C15H10F2O3. The normalized spacial score (nSPS) is 10.7. The fourth-order valence-corrected chi connectivity index (χ4v) is 1.54. The van der Waals surface area contributed by atoms with Gasteiger partial charge in [-0.2, -0.15) is 4.39 Å². The SMILES string of the molecule is O=C(O)C=Cc1cccc(Oc2cccc(F)c2F)c1. The molecule has 0 aliphatic heterocycles. The van der Waals surface area contributed by atoms with Gasteiger partial charge >= 0.3 is 5.97 Å². The highest BCUT2D eigenvalue weighted by atomic mass is 19.2. The van der Waals surface area contributed by atoms with Crippen LogP contribution in [0.1, 0.15) is 5.56 Å². The highest BCUT2D eigenvalue weighted by Gasteiger charge is 2.09. The predicted molar refractivity (Wildman–Crippen MR) is 69.5 cm³/mol. The molecule has 20 heavy (non-hydrogen) atoms. The fraction of sp³-hybridized carbons (Fsp3) is 0. The Bertz CT molecular complexity index is 666. The molecule has 3 nitrogen and oxygen atoms in total. The zero-order valence-electron chi connectivity index (χ0n) is 10.2. The molecular weight excluding hydrogens is 266 g/mol. The first-order chi connectivity index (χ1) is 9.56.